The number of rotatable bonds is 6. The number of carbonyl (C=O) groups excluding carboxylic acids is 3. The minimum Gasteiger partial charge on any atom is -0.497 e. The van der Waals surface area contributed by atoms with E-state index in [-0.39, 0.29) is 35.3 Å². The average molecular weight is 404 g/mol. The van der Waals surface area contributed by atoms with Gasteiger partial charge in [-0.3, -0.25) is 19.3 Å². The van der Waals surface area contributed by atoms with Crippen molar-refractivity contribution in [3.05, 3.63) is 53.1 Å². The predicted molar refractivity (Wildman–Crippen MR) is 109 cm³/mol. The molecule has 0 radical (unpaired) electrons. The number of imide groups is 1. The van der Waals surface area contributed by atoms with E-state index >= 15 is 0 Å². The molecule has 1 aliphatic heterocycles. The van der Waals surface area contributed by atoms with E-state index in [0.29, 0.717) is 29.2 Å². The lowest BCUT2D eigenvalue weighted by Gasteiger charge is -2.12. The minimum absolute atomic E-state index is 0. The van der Waals surface area contributed by atoms with E-state index < -0.39 is 5.91 Å². The van der Waals surface area contributed by atoms with Crippen molar-refractivity contribution in [1.29, 1.82) is 0 Å². The Morgan fingerprint density at radius 3 is 2.50 bits per heavy atom. The second-order valence-electron chi connectivity index (χ2n) is 6.28. The second kappa shape index (κ2) is 8.75. The molecule has 3 rings (SSSR count). The van der Waals surface area contributed by atoms with Gasteiger partial charge < -0.3 is 15.8 Å². The van der Waals surface area contributed by atoms with Crippen molar-refractivity contribution >= 4 is 41.5 Å². The first-order chi connectivity index (χ1) is 13.0. The van der Waals surface area contributed by atoms with E-state index in [1.165, 1.54) is 30.2 Å². The quantitative estimate of drug-likeness (QED) is 0.568. The SMILES string of the molecule is CCCCN1C(=O)c2ccc(C(=O)Nc3cc(OC)ccc3N)cc2C1=O.Cl. The number of carbonyl (C=O) groups is 3. The standard InChI is InChI=1S/C20H21N3O4.ClH/c1-3-4-9-23-19(25)14-7-5-12(10-15(14)20(23)26)18(24)22-17-11-13(27-2)6-8-16(17)21;/h5-8,10-11H,3-4,9,21H2,1-2H3,(H,22,24);1H. The van der Waals surface area contributed by atoms with Crippen molar-refractivity contribution in [2.75, 3.05) is 24.7 Å². The van der Waals surface area contributed by atoms with Crippen molar-refractivity contribution in [2.24, 2.45) is 0 Å². The number of unbranched alkanes of at least 4 members (excludes halogenated alkanes) is 1. The molecule has 1 heterocycles. The van der Waals surface area contributed by atoms with Crippen LogP contribution in [0.15, 0.2) is 36.4 Å². The van der Waals surface area contributed by atoms with E-state index in [1.54, 1.807) is 18.2 Å². The summed E-state index contributed by atoms with van der Waals surface area (Å²) >= 11 is 0. The number of nitrogens with zero attached hydrogens (tertiary/aromatic N) is 1. The van der Waals surface area contributed by atoms with Gasteiger partial charge in [-0.15, -0.1) is 12.4 Å². The molecule has 0 saturated heterocycles. The Labute approximate surface area is 169 Å². The van der Waals surface area contributed by atoms with Crippen LogP contribution in [0.25, 0.3) is 0 Å². The summed E-state index contributed by atoms with van der Waals surface area (Å²) in [5.41, 5.74) is 7.54. The number of benzene rings is 2. The van der Waals surface area contributed by atoms with Gasteiger partial charge in [-0.25, -0.2) is 0 Å². The number of nitrogens with two attached hydrogens (primary N) is 1. The summed E-state index contributed by atoms with van der Waals surface area (Å²) in [4.78, 5) is 38.7. The molecule has 0 bridgehead atoms. The summed E-state index contributed by atoms with van der Waals surface area (Å²) in [5, 5.41) is 2.71. The molecule has 3 N–H and O–H groups in total. The number of halogens is 1. The molecule has 2 aromatic carbocycles. The zero-order valence-corrected chi connectivity index (χ0v) is 16.5. The maximum Gasteiger partial charge on any atom is 0.261 e. The molecule has 1 aliphatic rings. The van der Waals surface area contributed by atoms with Gasteiger partial charge in [0.05, 0.1) is 29.6 Å². The first kappa shape index (κ1) is 21.2. The third-order valence-electron chi connectivity index (χ3n) is 4.48. The Kier molecular flexibility index (Phi) is 6.64. The van der Waals surface area contributed by atoms with Crippen LogP contribution in [0.3, 0.4) is 0 Å². The fourth-order valence-corrected chi connectivity index (χ4v) is 2.92. The molecule has 0 aromatic heterocycles. The van der Waals surface area contributed by atoms with Crippen LogP contribution < -0.4 is 15.8 Å². The topological polar surface area (TPSA) is 102 Å². The smallest absolute Gasteiger partial charge is 0.261 e. The van der Waals surface area contributed by atoms with E-state index in [1.807, 2.05) is 6.92 Å². The maximum absolute atomic E-state index is 12.6. The highest BCUT2D eigenvalue weighted by atomic mass is 35.5. The van der Waals surface area contributed by atoms with Crippen molar-refractivity contribution < 1.29 is 19.1 Å². The van der Waals surface area contributed by atoms with Gasteiger partial charge in [0.1, 0.15) is 5.75 Å². The number of amides is 3. The van der Waals surface area contributed by atoms with Crippen LogP contribution in [0.1, 0.15) is 50.8 Å². The molecule has 0 unspecified atom stereocenters. The first-order valence-electron chi connectivity index (χ1n) is 8.71. The van der Waals surface area contributed by atoms with Gasteiger partial charge in [0.2, 0.25) is 0 Å². The van der Waals surface area contributed by atoms with Crippen LogP contribution in [0.5, 0.6) is 5.75 Å². The minimum atomic E-state index is -0.426. The van der Waals surface area contributed by atoms with Gasteiger partial charge in [0.25, 0.3) is 17.7 Å². The van der Waals surface area contributed by atoms with Gasteiger partial charge >= 0.3 is 0 Å². The van der Waals surface area contributed by atoms with Crippen LogP contribution in [0.2, 0.25) is 0 Å². The highest BCUT2D eigenvalue weighted by Gasteiger charge is 2.35. The summed E-state index contributed by atoms with van der Waals surface area (Å²) in [6, 6.07) is 9.43. The molecule has 3 amide bonds. The fraction of sp³-hybridized carbons (Fsp3) is 0.250. The Morgan fingerprint density at radius 1 is 1.11 bits per heavy atom. The van der Waals surface area contributed by atoms with E-state index in [9.17, 15) is 14.4 Å². The van der Waals surface area contributed by atoms with Crippen LogP contribution in [-0.4, -0.2) is 36.3 Å². The fourth-order valence-electron chi connectivity index (χ4n) is 2.92. The monoisotopic (exact) mass is 403 g/mol. The number of anilines is 2. The molecule has 28 heavy (non-hydrogen) atoms. The number of nitrogen functional groups attached to an aromatic ring is 1. The van der Waals surface area contributed by atoms with Crippen molar-refractivity contribution in [3.8, 4) is 5.75 Å². The van der Waals surface area contributed by atoms with Crippen LogP contribution in [0, 0.1) is 0 Å². The molecule has 148 valence electrons. The van der Waals surface area contributed by atoms with Crippen LogP contribution >= 0.6 is 12.4 Å². The first-order valence-corrected chi connectivity index (χ1v) is 8.71. The van der Waals surface area contributed by atoms with E-state index in [4.69, 9.17) is 10.5 Å². The molecular weight excluding hydrogens is 382 g/mol. The van der Waals surface area contributed by atoms with Gasteiger partial charge in [-0.1, -0.05) is 13.3 Å². The van der Waals surface area contributed by atoms with Gasteiger partial charge in [-0.05, 0) is 36.8 Å². The lowest BCUT2D eigenvalue weighted by Crippen LogP contribution is -2.30. The highest BCUT2D eigenvalue weighted by molar-refractivity contribution is 6.22. The van der Waals surface area contributed by atoms with Crippen LogP contribution in [-0.2, 0) is 0 Å². The maximum atomic E-state index is 12.6. The average Bonchev–Trinajstić information content (AvgIpc) is 2.91. The Morgan fingerprint density at radius 2 is 1.82 bits per heavy atom. The molecule has 8 heteroatoms. The largest absolute Gasteiger partial charge is 0.497 e. The Balaban J connectivity index is 0.00000280. The Bertz CT molecular complexity index is 930. The molecule has 0 fully saturated rings. The molecule has 0 saturated carbocycles. The van der Waals surface area contributed by atoms with Crippen LogP contribution in [0.4, 0.5) is 11.4 Å². The third-order valence-corrected chi connectivity index (χ3v) is 4.48. The molecule has 0 aliphatic carbocycles. The lowest BCUT2D eigenvalue weighted by atomic mass is 10.1. The highest BCUT2D eigenvalue weighted by Crippen LogP contribution is 2.27. The van der Waals surface area contributed by atoms with Gasteiger partial charge in [-0.2, -0.15) is 0 Å². The number of hydrogen-bond acceptors (Lipinski definition) is 5. The number of ether oxygens (including phenoxy) is 1. The van der Waals surface area contributed by atoms with Gasteiger partial charge in [0, 0.05) is 18.2 Å². The van der Waals surface area contributed by atoms with Crippen molar-refractivity contribution in [3.63, 3.8) is 0 Å². The molecular formula is C20H22ClN3O4. The molecule has 2 aromatic rings. The summed E-state index contributed by atoms with van der Waals surface area (Å²) in [5.74, 6) is -0.544. The number of nitrogens with one attached hydrogen (secondary N) is 1. The van der Waals surface area contributed by atoms with Gasteiger partial charge in [0.15, 0.2) is 0 Å². The second-order valence-corrected chi connectivity index (χ2v) is 6.28. The zero-order valence-electron chi connectivity index (χ0n) is 15.7. The zero-order chi connectivity index (χ0) is 19.6. The normalized spacial score (nSPS) is 12.4. The lowest BCUT2D eigenvalue weighted by molar-refractivity contribution is 0.0652. The number of fused-ring (bicyclic) bond motifs is 1. The summed E-state index contributed by atoms with van der Waals surface area (Å²) in [6.45, 7) is 2.37. The summed E-state index contributed by atoms with van der Waals surface area (Å²) < 4.78 is 5.13. The third kappa shape index (κ3) is 3.94. The summed E-state index contributed by atoms with van der Waals surface area (Å²) in [7, 11) is 1.52. The number of methoxy groups -OCH3 is 1. The molecule has 7 nitrogen and oxygen atoms in total. The number of hydrogen-bond donors (Lipinski definition) is 2. The Hall–Kier alpha value is -3.06. The predicted octanol–water partition coefficient (Wildman–Crippen LogP) is 3.35. The van der Waals surface area contributed by atoms with Crippen molar-refractivity contribution in [1.82, 2.24) is 4.90 Å². The van der Waals surface area contributed by atoms with E-state index in [0.717, 1.165) is 12.8 Å². The molecule has 0 spiro atoms. The van der Waals surface area contributed by atoms with E-state index in [2.05, 4.69) is 5.32 Å². The summed E-state index contributed by atoms with van der Waals surface area (Å²) in [6.07, 6.45) is 1.62. The van der Waals surface area contributed by atoms with Crippen molar-refractivity contribution in [2.45, 2.75) is 19.8 Å². The molecule has 0 atom stereocenters.